The first-order chi connectivity index (χ1) is 7.80. The fourth-order valence-corrected chi connectivity index (χ4v) is 3.35. The Morgan fingerprint density at radius 2 is 2.00 bits per heavy atom. The third-order valence-electron chi connectivity index (χ3n) is 3.12. The second-order valence-corrected chi connectivity index (χ2v) is 7.88. The van der Waals surface area contributed by atoms with Crippen LogP contribution in [0.15, 0.2) is 15.9 Å². The first-order valence-corrected chi connectivity index (χ1v) is 7.93. The Bertz CT molecular complexity index is 338. The van der Waals surface area contributed by atoms with Gasteiger partial charge < -0.3 is 5.32 Å². The van der Waals surface area contributed by atoms with E-state index in [4.69, 9.17) is 0 Å². The van der Waals surface area contributed by atoms with E-state index < -0.39 is 0 Å². The first-order valence-electron chi connectivity index (χ1n) is 6.26. The molecule has 1 aromatic rings. The summed E-state index contributed by atoms with van der Waals surface area (Å²) in [4.78, 5) is 1.47. The molecule has 0 aliphatic carbocycles. The summed E-state index contributed by atoms with van der Waals surface area (Å²) in [5.74, 6) is 0.667. The Labute approximate surface area is 118 Å². The molecule has 1 unspecified atom stereocenters. The van der Waals surface area contributed by atoms with Crippen molar-refractivity contribution in [2.75, 3.05) is 6.54 Å². The maximum atomic E-state index is 3.63. The normalized spacial score (nSPS) is 14.3. The molecule has 98 valence electrons. The van der Waals surface area contributed by atoms with E-state index in [9.17, 15) is 0 Å². The molecular formula is C14H24BrNS. The van der Waals surface area contributed by atoms with Crippen LogP contribution < -0.4 is 5.32 Å². The molecule has 0 saturated carbocycles. The summed E-state index contributed by atoms with van der Waals surface area (Å²) in [5.41, 5.74) is 0.339. The molecule has 0 aliphatic rings. The van der Waals surface area contributed by atoms with Gasteiger partial charge in [0, 0.05) is 15.4 Å². The largest absolute Gasteiger partial charge is 0.314 e. The molecule has 0 aliphatic heterocycles. The fourth-order valence-electron chi connectivity index (χ4n) is 1.76. The minimum atomic E-state index is 0.339. The highest BCUT2D eigenvalue weighted by atomic mass is 79.9. The van der Waals surface area contributed by atoms with E-state index in [2.05, 4.69) is 67.3 Å². The van der Waals surface area contributed by atoms with Gasteiger partial charge in [-0.25, -0.2) is 0 Å². The number of nitrogens with one attached hydrogen (secondary N) is 1. The van der Waals surface area contributed by atoms with Gasteiger partial charge in [-0.2, -0.15) is 0 Å². The van der Waals surface area contributed by atoms with Crippen molar-refractivity contribution in [3.05, 3.63) is 20.8 Å². The summed E-state index contributed by atoms with van der Waals surface area (Å²) in [7, 11) is 0. The molecule has 1 atom stereocenters. The summed E-state index contributed by atoms with van der Waals surface area (Å²) in [6.07, 6.45) is 1.15. The van der Waals surface area contributed by atoms with Gasteiger partial charge in [0.05, 0.1) is 0 Å². The van der Waals surface area contributed by atoms with Crippen LogP contribution >= 0.6 is 27.3 Å². The third-order valence-corrected chi connectivity index (χ3v) is 5.07. The van der Waals surface area contributed by atoms with Crippen molar-refractivity contribution in [1.29, 1.82) is 0 Å². The molecule has 1 N–H and O–H groups in total. The highest BCUT2D eigenvalue weighted by Crippen LogP contribution is 2.33. The van der Waals surface area contributed by atoms with Gasteiger partial charge in [0.2, 0.25) is 0 Å². The molecule has 0 radical (unpaired) electrons. The quantitative estimate of drug-likeness (QED) is 0.829. The average molecular weight is 318 g/mol. The molecule has 1 nitrogen and oxygen atoms in total. The average Bonchev–Trinajstić information content (AvgIpc) is 2.56. The monoisotopic (exact) mass is 317 g/mol. The van der Waals surface area contributed by atoms with Crippen molar-refractivity contribution >= 4 is 27.3 Å². The van der Waals surface area contributed by atoms with Crippen molar-refractivity contribution in [3.8, 4) is 0 Å². The van der Waals surface area contributed by atoms with Gasteiger partial charge in [0.1, 0.15) is 0 Å². The van der Waals surface area contributed by atoms with Crippen LogP contribution in [-0.4, -0.2) is 12.6 Å². The molecule has 0 spiro atoms. The maximum absolute atomic E-state index is 3.63. The zero-order chi connectivity index (χ0) is 13.1. The zero-order valence-electron chi connectivity index (χ0n) is 11.5. The Morgan fingerprint density at radius 1 is 1.35 bits per heavy atom. The van der Waals surface area contributed by atoms with Crippen LogP contribution in [0.4, 0.5) is 0 Å². The van der Waals surface area contributed by atoms with Crippen molar-refractivity contribution < 1.29 is 0 Å². The van der Waals surface area contributed by atoms with E-state index in [-0.39, 0.29) is 0 Å². The molecule has 1 aromatic heterocycles. The van der Waals surface area contributed by atoms with Crippen LogP contribution in [0, 0.1) is 11.3 Å². The molecule has 17 heavy (non-hydrogen) atoms. The number of halogens is 1. The number of hydrogen-bond acceptors (Lipinski definition) is 2. The lowest BCUT2D eigenvalue weighted by molar-refractivity contribution is 0.227. The summed E-state index contributed by atoms with van der Waals surface area (Å²) >= 11 is 5.49. The third kappa shape index (κ3) is 5.11. The van der Waals surface area contributed by atoms with Crippen LogP contribution in [0.5, 0.6) is 0 Å². The first kappa shape index (κ1) is 15.2. The summed E-state index contributed by atoms with van der Waals surface area (Å²) in [6.45, 7) is 12.5. The number of thiophene rings is 1. The molecule has 1 rings (SSSR count). The lowest BCUT2D eigenvalue weighted by atomic mass is 9.78. The lowest BCUT2D eigenvalue weighted by Gasteiger charge is -2.31. The van der Waals surface area contributed by atoms with Gasteiger partial charge in [0.15, 0.2) is 0 Å². The van der Waals surface area contributed by atoms with E-state index >= 15 is 0 Å². The molecule has 0 amide bonds. The zero-order valence-corrected chi connectivity index (χ0v) is 13.9. The van der Waals surface area contributed by atoms with Crippen molar-refractivity contribution in [3.63, 3.8) is 0 Å². The van der Waals surface area contributed by atoms with E-state index in [1.165, 1.54) is 9.35 Å². The van der Waals surface area contributed by atoms with Crippen LogP contribution in [0.2, 0.25) is 0 Å². The van der Waals surface area contributed by atoms with E-state index in [0.29, 0.717) is 17.4 Å². The van der Waals surface area contributed by atoms with Gasteiger partial charge in [-0.3, -0.25) is 0 Å². The van der Waals surface area contributed by atoms with Crippen molar-refractivity contribution in [1.82, 2.24) is 5.32 Å². The van der Waals surface area contributed by atoms with E-state index in [1.807, 2.05) is 11.3 Å². The number of rotatable bonds is 5. The van der Waals surface area contributed by atoms with Crippen LogP contribution in [0.1, 0.15) is 39.5 Å². The Kier molecular flexibility index (Phi) is 5.68. The Morgan fingerprint density at radius 3 is 2.41 bits per heavy atom. The van der Waals surface area contributed by atoms with Crippen LogP contribution in [0.25, 0.3) is 0 Å². The van der Waals surface area contributed by atoms with Crippen LogP contribution in [0.3, 0.4) is 0 Å². The van der Waals surface area contributed by atoms with Crippen LogP contribution in [-0.2, 0) is 6.42 Å². The summed E-state index contributed by atoms with van der Waals surface area (Å²) in [5, 5.41) is 5.74. The smallest absolute Gasteiger partial charge is 0.0314 e. The second-order valence-electron chi connectivity index (χ2n) is 6.02. The minimum Gasteiger partial charge on any atom is -0.314 e. The van der Waals surface area contributed by atoms with E-state index in [1.54, 1.807) is 0 Å². The summed E-state index contributed by atoms with van der Waals surface area (Å²) in [6, 6.07) is 2.71. The molecule has 0 saturated heterocycles. The maximum Gasteiger partial charge on any atom is 0.0314 e. The highest BCUT2D eigenvalue weighted by molar-refractivity contribution is 9.10. The molecule has 0 bridgehead atoms. The van der Waals surface area contributed by atoms with Crippen molar-refractivity contribution in [2.24, 2.45) is 11.3 Å². The lowest BCUT2D eigenvalue weighted by Crippen LogP contribution is -2.36. The number of hydrogen-bond donors (Lipinski definition) is 1. The minimum absolute atomic E-state index is 0.339. The Hall–Kier alpha value is 0.140. The van der Waals surface area contributed by atoms with E-state index in [0.717, 1.165) is 13.0 Å². The van der Waals surface area contributed by atoms with Gasteiger partial charge in [-0.15, -0.1) is 11.3 Å². The van der Waals surface area contributed by atoms with Gasteiger partial charge in [-0.05, 0) is 51.7 Å². The topological polar surface area (TPSA) is 12.0 Å². The van der Waals surface area contributed by atoms with Gasteiger partial charge in [0.25, 0.3) is 0 Å². The SMILES string of the molecule is CC(C)NCC(Cc1sccc1Br)C(C)(C)C. The standard InChI is InChI=1S/C14H24BrNS/c1-10(2)16-9-11(14(3,4)5)8-13-12(15)6-7-17-13/h6-7,10-11,16H,8-9H2,1-5H3. The Balaban J connectivity index is 2.68. The molecule has 3 heteroatoms. The van der Waals surface area contributed by atoms with Gasteiger partial charge >= 0.3 is 0 Å². The van der Waals surface area contributed by atoms with Gasteiger partial charge in [-0.1, -0.05) is 34.6 Å². The molecule has 1 heterocycles. The predicted octanol–water partition coefficient (Wildman–Crippen LogP) is 4.71. The van der Waals surface area contributed by atoms with Crippen molar-refractivity contribution in [2.45, 2.75) is 47.1 Å². The highest BCUT2D eigenvalue weighted by Gasteiger charge is 2.25. The second kappa shape index (κ2) is 6.35. The fraction of sp³-hybridized carbons (Fsp3) is 0.714. The predicted molar refractivity (Wildman–Crippen MR) is 81.8 cm³/mol. The summed E-state index contributed by atoms with van der Waals surface area (Å²) < 4.78 is 1.27. The molecular weight excluding hydrogens is 294 g/mol. The molecule has 0 fully saturated rings. The molecule has 0 aromatic carbocycles.